The second kappa shape index (κ2) is 9.30. The Morgan fingerprint density at radius 3 is 2.46 bits per heavy atom. The van der Waals surface area contributed by atoms with E-state index < -0.39 is 0 Å². The topological polar surface area (TPSA) is 52.7 Å². The number of carbonyl (C=O) groups excluding carboxylic acids is 2. The molecule has 0 saturated carbocycles. The van der Waals surface area contributed by atoms with Gasteiger partial charge in [0.1, 0.15) is 0 Å². The summed E-state index contributed by atoms with van der Waals surface area (Å²) in [7, 11) is 0. The lowest BCUT2D eigenvalue weighted by Gasteiger charge is -2.34. The van der Waals surface area contributed by atoms with Gasteiger partial charge in [-0.2, -0.15) is 0 Å². The van der Waals surface area contributed by atoms with Crippen molar-refractivity contribution in [1.82, 2.24) is 15.1 Å². The predicted octanol–water partition coefficient (Wildman–Crippen LogP) is 2.97. The molecule has 2 aromatic rings. The Balaban J connectivity index is 1.36. The Labute approximate surface area is 166 Å². The molecule has 0 bridgehead atoms. The van der Waals surface area contributed by atoms with Crippen molar-refractivity contribution >= 4 is 39.1 Å². The van der Waals surface area contributed by atoms with Crippen LogP contribution in [0.15, 0.2) is 46.3 Å². The van der Waals surface area contributed by atoms with Crippen molar-refractivity contribution in [1.29, 1.82) is 0 Å². The van der Waals surface area contributed by atoms with E-state index in [2.05, 4.69) is 43.7 Å². The van der Waals surface area contributed by atoms with E-state index in [0.717, 1.165) is 37.2 Å². The summed E-state index contributed by atoms with van der Waals surface area (Å²) in [5, 5.41) is 4.91. The summed E-state index contributed by atoms with van der Waals surface area (Å²) in [5.41, 5.74) is 0.600. The number of halogens is 1. The molecule has 138 valence electrons. The number of hydrogen-bond donors (Lipinski definition) is 1. The van der Waals surface area contributed by atoms with Crippen LogP contribution in [0.4, 0.5) is 0 Å². The van der Waals surface area contributed by atoms with Crippen molar-refractivity contribution in [2.24, 2.45) is 0 Å². The average Bonchev–Trinajstić information content (AvgIpc) is 3.15. The minimum Gasteiger partial charge on any atom is -0.352 e. The van der Waals surface area contributed by atoms with Gasteiger partial charge in [-0.15, -0.1) is 11.3 Å². The van der Waals surface area contributed by atoms with Gasteiger partial charge in [0.05, 0.1) is 0 Å². The molecule has 1 aliphatic heterocycles. The van der Waals surface area contributed by atoms with Crippen LogP contribution in [0.3, 0.4) is 0 Å². The summed E-state index contributed by atoms with van der Waals surface area (Å²) < 4.78 is 0.933. The smallest absolute Gasteiger partial charge is 0.251 e. The van der Waals surface area contributed by atoms with E-state index in [1.54, 1.807) is 23.5 Å². The molecule has 1 aromatic heterocycles. The van der Waals surface area contributed by atoms with Crippen molar-refractivity contribution in [3.63, 3.8) is 0 Å². The molecular formula is C19H22BrN3O2S. The Kier molecular flexibility index (Phi) is 6.82. The van der Waals surface area contributed by atoms with E-state index in [0.29, 0.717) is 18.5 Å². The van der Waals surface area contributed by atoms with Crippen LogP contribution < -0.4 is 5.32 Å². The third-order valence-electron chi connectivity index (χ3n) is 4.42. The first-order valence-electron chi connectivity index (χ1n) is 8.68. The first-order valence-corrected chi connectivity index (χ1v) is 10.4. The quantitative estimate of drug-likeness (QED) is 0.758. The zero-order valence-corrected chi connectivity index (χ0v) is 16.9. The summed E-state index contributed by atoms with van der Waals surface area (Å²) in [6.45, 7) is 4.63. The van der Waals surface area contributed by atoms with E-state index in [4.69, 9.17) is 0 Å². The van der Waals surface area contributed by atoms with Gasteiger partial charge in [0.25, 0.3) is 5.91 Å². The number of piperazine rings is 1. The molecule has 3 rings (SSSR count). The average molecular weight is 436 g/mol. The first-order chi connectivity index (χ1) is 12.6. The van der Waals surface area contributed by atoms with Crippen LogP contribution in [0.5, 0.6) is 0 Å². The number of nitrogens with one attached hydrogen (secondary N) is 1. The van der Waals surface area contributed by atoms with Crippen LogP contribution in [0.25, 0.3) is 0 Å². The van der Waals surface area contributed by atoms with Gasteiger partial charge in [0, 0.05) is 60.6 Å². The van der Waals surface area contributed by atoms with E-state index in [1.807, 2.05) is 17.0 Å². The van der Waals surface area contributed by atoms with Gasteiger partial charge in [0.15, 0.2) is 0 Å². The maximum Gasteiger partial charge on any atom is 0.251 e. The van der Waals surface area contributed by atoms with E-state index in [9.17, 15) is 9.59 Å². The van der Waals surface area contributed by atoms with Crippen molar-refractivity contribution < 1.29 is 9.59 Å². The zero-order chi connectivity index (χ0) is 18.4. The van der Waals surface area contributed by atoms with Gasteiger partial charge in [0.2, 0.25) is 5.91 Å². The summed E-state index contributed by atoms with van der Waals surface area (Å²) >= 11 is 5.12. The van der Waals surface area contributed by atoms with E-state index in [-0.39, 0.29) is 11.8 Å². The second-order valence-electron chi connectivity index (χ2n) is 6.25. The number of rotatable bonds is 6. The van der Waals surface area contributed by atoms with Crippen molar-refractivity contribution in [3.05, 3.63) is 56.7 Å². The predicted molar refractivity (Wildman–Crippen MR) is 107 cm³/mol. The Morgan fingerprint density at radius 1 is 1.08 bits per heavy atom. The molecule has 2 amide bonds. The highest BCUT2D eigenvalue weighted by molar-refractivity contribution is 9.10. The van der Waals surface area contributed by atoms with Crippen LogP contribution in [-0.4, -0.2) is 54.3 Å². The van der Waals surface area contributed by atoms with Crippen LogP contribution in [0.1, 0.15) is 21.7 Å². The molecule has 26 heavy (non-hydrogen) atoms. The molecule has 0 atom stereocenters. The highest BCUT2D eigenvalue weighted by atomic mass is 79.9. The Morgan fingerprint density at radius 2 is 1.81 bits per heavy atom. The zero-order valence-electron chi connectivity index (χ0n) is 14.5. The number of thiophene rings is 1. The number of nitrogens with zero attached hydrogens (tertiary/aromatic N) is 2. The van der Waals surface area contributed by atoms with Crippen molar-refractivity contribution in [2.45, 2.75) is 13.0 Å². The fourth-order valence-electron chi connectivity index (χ4n) is 2.92. The number of benzene rings is 1. The standard InChI is InChI=1S/C19H22BrN3O2S/c20-16-5-3-15(4-6-16)19(25)21-8-7-18(24)23-11-9-22(10-12-23)14-17-2-1-13-26-17/h1-6,13H,7-12,14H2,(H,21,25). The molecule has 0 aliphatic carbocycles. The van der Waals surface area contributed by atoms with Crippen LogP contribution in [0, 0.1) is 0 Å². The van der Waals surface area contributed by atoms with Gasteiger partial charge in [-0.1, -0.05) is 22.0 Å². The molecule has 1 aliphatic rings. The van der Waals surface area contributed by atoms with Crippen LogP contribution in [0.2, 0.25) is 0 Å². The first kappa shape index (κ1) is 19.1. The highest BCUT2D eigenvalue weighted by Gasteiger charge is 2.21. The summed E-state index contributed by atoms with van der Waals surface area (Å²) in [6, 6.07) is 11.4. The lowest BCUT2D eigenvalue weighted by molar-refractivity contribution is -0.132. The fourth-order valence-corrected chi connectivity index (χ4v) is 3.93. The summed E-state index contributed by atoms with van der Waals surface area (Å²) in [6.07, 6.45) is 0.340. The van der Waals surface area contributed by atoms with Gasteiger partial charge < -0.3 is 10.2 Å². The number of hydrogen-bond acceptors (Lipinski definition) is 4. The second-order valence-corrected chi connectivity index (χ2v) is 8.20. The molecule has 0 spiro atoms. The van der Waals surface area contributed by atoms with Gasteiger partial charge >= 0.3 is 0 Å². The third kappa shape index (κ3) is 5.40. The fraction of sp³-hybridized carbons (Fsp3) is 0.368. The molecule has 5 nitrogen and oxygen atoms in total. The monoisotopic (exact) mass is 435 g/mol. The van der Waals surface area contributed by atoms with E-state index >= 15 is 0 Å². The SMILES string of the molecule is O=C(NCCC(=O)N1CCN(Cc2cccs2)CC1)c1ccc(Br)cc1. The minimum atomic E-state index is -0.147. The summed E-state index contributed by atoms with van der Waals surface area (Å²) in [5.74, 6) is -0.0389. The maximum absolute atomic E-state index is 12.3. The molecule has 0 unspecified atom stereocenters. The largest absolute Gasteiger partial charge is 0.352 e. The van der Waals surface area contributed by atoms with Gasteiger partial charge in [-0.3, -0.25) is 14.5 Å². The molecule has 2 heterocycles. The normalized spacial score (nSPS) is 15.0. The van der Waals surface area contributed by atoms with E-state index in [1.165, 1.54) is 4.88 Å². The van der Waals surface area contributed by atoms with Crippen molar-refractivity contribution in [2.75, 3.05) is 32.7 Å². The van der Waals surface area contributed by atoms with Crippen LogP contribution in [-0.2, 0) is 11.3 Å². The third-order valence-corrected chi connectivity index (χ3v) is 5.81. The van der Waals surface area contributed by atoms with Gasteiger partial charge in [-0.25, -0.2) is 0 Å². The molecule has 7 heteroatoms. The number of amides is 2. The molecule has 1 N–H and O–H groups in total. The molecular weight excluding hydrogens is 414 g/mol. The molecule has 0 radical (unpaired) electrons. The lowest BCUT2D eigenvalue weighted by Crippen LogP contribution is -2.48. The molecule has 1 aromatic carbocycles. The molecule has 1 fully saturated rings. The number of carbonyl (C=O) groups is 2. The van der Waals surface area contributed by atoms with Gasteiger partial charge in [-0.05, 0) is 35.7 Å². The van der Waals surface area contributed by atoms with Crippen molar-refractivity contribution in [3.8, 4) is 0 Å². The Hall–Kier alpha value is -1.70. The van der Waals surface area contributed by atoms with Crippen LogP contribution >= 0.6 is 27.3 Å². The Bertz CT molecular complexity index is 726. The molecule has 1 saturated heterocycles. The highest BCUT2D eigenvalue weighted by Crippen LogP contribution is 2.14. The maximum atomic E-state index is 12.3. The lowest BCUT2D eigenvalue weighted by atomic mass is 10.2. The minimum absolute atomic E-state index is 0.108. The summed E-state index contributed by atoms with van der Waals surface area (Å²) in [4.78, 5) is 30.0.